The van der Waals surface area contributed by atoms with E-state index in [1.807, 2.05) is 51.1 Å². The first kappa shape index (κ1) is 20.6. The van der Waals surface area contributed by atoms with Crippen molar-refractivity contribution in [3.8, 4) is 0 Å². The van der Waals surface area contributed by atoms with E-state index >= 15 is 4.39 Å². The minimum Gasteiger partial charge on any atom is -0.251 e. The molecule has 136 valence electrons. The van der Waals surface area contributed by atoms with Crippen LogP contribution in [0.25, 0.3) is 0 Å². The summed E-state index contributed by atoms with van der Waals surface area (Å²) in [6.45, 7) is 7.91. The quantitative estimate of drug-likeness (QED) is 0.571. The molecule has 2 nitrogen and oxygen atoms in total. The molecule has 0 saturated carbocycles. The number of halogens is 2. The first-order chi connectivity index (χ1) is 11.6. The molecule has 3 unspecified atom stereocenters. The molecule has 6 heteroatoms. The maximum Gasteiger partial charge on any atom is 0.201 e. The van der Waals surface area contributed by atoms with Crippen LogP contribution in [0.15, 0.2) is 64.0 Å². The van der Waals surface area contributed by atoms with E-state index in [9.17, 15) is 4.21 Å². The Hall–Kier alpha value is -0.690. The predicted molar refractivity (Wildman–Crippen MR) is 110 cm³/mol. The second-order valence-corrected chi connectivity index (χ2v) is 11.0. The topological polar surface area (TPSA) is 29.1 Å². The van der Waals surface area contributed by atoms with Gasteiger partial charge in [0.2, 0.25) is 5.50 Å². The molecule has 0 heterocycles. The molecule has 0 aliphatic heterocycles. The van der Waals surface area contributed by atoms with Gasteiger partial charge in [0, 0.05) is 14.1 Å². The minimum absolute atomic E-state index is 0.107. The summed E-state index contributed by atoms with van der Waals surface area (Å²) in [5.74, 6) is 0. The van der Waals surface area contributed by atoms with Crippen LogP contribution < -0.4 is 4.72 Å². The van der Waals surface area contributed by atoms with Crippen molar-refractivity contribution < 1.29 is 8.60 Å². The lowest BCUT2D eigenvalue weighted by atomic mass is 9.94. The number of hydrogen-bond acceptors (Lipinski definition) is 3. The second kappa shape index (κ2) is 8.33. The molecule has 0 bridgehead atoms. The van der Waals surface area contributed by atoms with Gasteiger partial charge in [-0.2, -0.15) is 0 Å². The summed E-state index contributed by atoms with van der Waals surface area (Å²) in [5, 5.41) is 0. The number of alkyl halides is 1. The molecular formula is C19H23BrFNOS2. The molecule has 0 fully saturated rings. The van der Waals surface area contributed by atoms with E-state index < -0.39 is 21.8 Å². The highest BCUT2D eigenvalue weighted by Crippen LogP contribution is 2.36. The van der Waals surface area contributed by atoms with E-state index in [-0.39, 0.29) is 4.75 Å². The van der Waals surface area contributed by atoms with E-state index in [0.717, 1.165) is 10.0 Å². The average Bonchev–Trinajstić information content (AvgIpc) is 2.59. The van der Waals surface area contributed by atoms with Gasteiger partial charge in [-0.15, -0.1) is 0 Å². The van der Waals surface area contributed by atoms with Gasteiger partial charge in [0.25, 0.3) is 0 Å². The van der Waals surface area contributed by atoms with Crippen LogP contribution in [-0.2, 0) is 16.3 Å². The highest BCUT2D eigenvalue weighted by Gasteiger charge is 2.41. The summed E-state index contributed by atoms with van der Waals surface area (Å²) in [7, 11) is -1.79. The van der Waals surface area contributed by atoms with Crippen molar-refractivity contribution in [2.24, 2.45) is 0 Å². The molecule has 0 aromatic heterocycles. The monoisotopic (exact) mass is 443 g/mol. The summed E-state index contributed by atoms with van der Waals surface area (Å²) in [5.41, 5.74) is -1.95. The fraction of sp³-hybridized carbons (Fsp3) is 0.368. The van der Waals surface area contributed by atoms with Crippen molar-refractivity contribution in [1.82, 2.24) is 4.72 Å². The second-order valence-electron chi connectivity index (χ2n) is 6.95. The molecule has 0 saturated heterocycles. The summed E-state index contributed by atoms with van der Waals surface area (Å²) >= 11 is 4.85. The lowest BCUT2D eigenvalue weighted by Crippen LogP contribution is -2.47. The number of rotatable bonds is 6. The maximum atomic E-state index is 15.5. The Labute approximate surface area is 164 Å². The normalized spacial score (nSPS) is 16.9. The van der Waals surface area contributed by atoms with E-state index in [4.69, 9.17) is 0 Å². The van der Waals surface area contributed by atoms with E-state index in [1.165, 1.54) is 11.9 Å². The van der Waals surface area contributed by atoms with Crippen molar-refractivity contribution in [1.29, 1.82) is 0 Å². The van der Waals surface area contributed by atoms with Crippen LogP contribution in [0.3, 0.4) is 0 Å². The zero-order chi connectivity index (χ0) is 18.7. The third kappa shape index (κ3) is 5.39. The lowest BCUT2D eigenvalue weighted by molar-refractivity contribution is 0.272. The van der Waals surface area contributed by atoms with Gasteiger partial charge in [0.1, 0.15) is 0 Å². The fourth-order valence-electron chi connectivity index (χ4n) is 2.18. The summed E-state index contributed by atoms with van der Waals surface area (Å²) < 4.78 is 32.4. The SMILES string of the molecule is CC(C)(C)SNC(C)(c1ccc(Br)cc1)C(F)S(=O)c1ccccc1. The molecule has 0 amide bonds. The Bertz CT molecular complexity index is 718. The molecule has 0 spiro atoms. The Morgan fingerprint density at radius 3 is 2.12 bits per heavy atom. The van der Waals surface area contributed by atoms with Gasteiger partial charge in [-0.25, -0.2) is 9.11 Å². The summed E-state index contributed by atoms with van der Waals surface area (Å²) in [6, 6.07) is 16.2. The first-order valence-electron chi connectivity index (χ1n) is 7.94. The van der Waals surface area contributed by atoms with Crippen molar-refractivity contribution in [3.63, 3.8) is 0 Å². The van der Waals surface area contributed by atoms with Crippen LogP contribution >= 0.6 is 27.9 Å². The van der Waals surface area contributed by atoms with Crippen molar-refractivity contribution in [3.05, 3.63) is 64.6 Å². The Morgan fingerprint density at radius 2 is 1.60 bits per heavy atom. The molecular weight excluding hydrogens is 421 g/mol. The number of benzene rings is 2. The molecule has 2 rings (SSSR count). The Kier molecular flexibility index (Phi) is 6.87. The summed E-state index contributed by atoms with van der Waals surface area (Å²) in [6.07, 6.45) is 0. The minimum atomic E-state index is -1.79. The van der Waals surface area contributed by atoms with Crippen LogP contribution in [0.4, 0.5) is 4.39 Å². The first-order valence-corrected chi connectivity index (χ1v) is 10.8. The van der Waals surface area contributed by atoms with Gasteiger partial charge in [-0.1, -0.05) is 58.2 Å². The smallest absolute Gasteiger partial charge is 0.201 e. The van der Waals surface area contributed by atoms with Gasteiger partial charge in [-0.3, -0.25) is 4.21 Å². The highest BCUT2D eigenvalue weighted by atomic mass is 79.9. The molecule has 0 radical (unpaired) electrons. The van der Waals surface area contributed by atoms with Crippen molar-refractivity contribution in [2.75, 3.05) is 0 Å². The predicted octanol–water partition coefficient (Wildman–Crippen LogP) is 5.80. The van der Waals surface area contributed by atoms with Gasteiger partial charge in [0.15, 0.2) is 0 Å². The zero-order valence-electron chi connectivity index (χ0n) is 14.8. The lowest BCUT2D eigenvalue weighted by Gasteiger charge is -2.36. The molecule has 2 aromatic carbocycles. The molecule has 0 aliphatic carbocycles. The van der Waals surface area contributed by atoms with Gasteiger partial charge < -0.3 is 0 Å². The van der Waals surface area contributed by atoms with E-state index in [0.29, 0.717) is 4.90 Å². The van der Waals surface area contributed by atoms with E-state index in [2.05, 4.69) is 20.7 Å². The van der Waals surface area contributed by atoms with Crippen LogP contribution in [0.1, 0.15) is 33.3 Å². The third-order valence-corrected chi connectivity index (χ3v) is 6.88. The van der Waals surface area contributed by atoms with Gasteiger partial charge >= 0.3 is 0 Å². The van der Waals surface area contributed by atoms with Crippen molar-refractivity contribution >= 4 is 38.7 Å². The Morgan fingerprint density at radius 1 is 1.04 bits per heavy atom. The molecule has 0 aliphatic rings. The molecule has 2 aromatic rings. The number of nitrogens with one attached hydrogen (secondary N) is 1. The van der Waals surface area contributed by atoms with E-state index in [1.54, 1.807) is 31.2 Å². The van der Waals surface area contributed by atoms with Crippen molar-refractivity contribution in [2.45, 2.75) is 48.4 Å². The molecule has 25 heavy (non-hydrogen) atoms. The summed E-state index contributed by atoms with van der Waals surface area (Å²) in [4.78, 5) is 0.487. The van der Waals surface area contributed by atoms with Crippen LogP contribution in [0.5, 0.6) is 0 Å². The van der Waals surface area contributed by atoms with Crippen LogP contribution in [-0.4, -0.2) is 14.5 Å². The average molecular weight is 444 g/mol. The molecule has 3 atom stereocenters. The largest absolute Gasteiger partial charge is 0.251 e. The fourth-order valence-corrected chi connectivity index (χ4v) is 4.55. The molecule has 1 N–H and O–H groups in total. The third-order valence-electron chi connectivity index (χ3n) is 3.63. The maximum absolute atomic E-state index is 15.5. The van der Waals surface area contributed by atoms with Gasteiger partial charge in [-0.05, 0) is 57.5 Å². The van der Waals surface area contributed by atoms with Crippen LogP contribution in [0, 0.1) is 0 Å². The standard InChI is InChI=1S/C19H23BrFNOS2/c1-18(2,3)24-22-19(4,14-10-12-15(20)13-11-14)17(21)25(23)16-8-6-5-7-9-16/h5-13,17,22H,1-4H3. The number of hydrogen-bond donors (Lipinski definition) is 1. The Balaban J connectivity index is 2.39. The van der Waals surface area contributed by atoms with Crippen LogP contribution in [0.2, 0.25) is 0 Å². The zero-order valence-corrected chi connectivity index (χ0v) is 18.0. The highest BCUT2D eigenvalue weighted by molar-refractivity contribution is 9.10. The van der Waals surface area contributed by atoms with Gasteiger partial charge in [0.05, 0.1) is 16.3 Å².